The molecule has 0 amide bonds. The van der Waals surface area contributed by atoms with Gasteiger partial charge in [0.15, 0.2) is 5.03 Å². The van der Waals surface area contributed by atoms with Crippen molar-refractivity contribution in [1.29, 1.82) is 4.78 Å². The predicted octanol–water partition coefficient (Wildman–Crippen LogP) is 0.588. The second-order valence-corrected chi connectivity index (χ2v) is 5.10. The van der Waals surface area contributed by atoms with Gasteiger partial charge in [-0.1, -0.05) is 6.07 Å². The van der Waals surface area contributed by atoms with Gasteiger partial charge in [0.05, 0.1) is 5.60 Å². The van der Waals surface area contributed by atoms with E-state index < -0.39 is 15.5 Å². The second kappa shape index (κ2) is 3.30. The van der Waals surface area contributed by atoms with E-state index in [-0.39, 0.29) is 5.03 Å². The molecule has 0 radical (unpaired) electrons. The Morgan fingerprint density at radius 3 is 2.57 bits per heavy atom. The van der Waals surface area contributed by atoms with Gasteiger partial charge in [0.2, 0.25) is 0 Å². The van der Waals surface area contributed by atoms with Crippen LogP contribution in [-0.4, -0.2) is 14.3 Å². The Labute approximate surface area is 83.1 Å². The molecule has 1 aromatic heterocycles. The number of pyridine rings is 1. The van der Waals surface area contributed by atoms with E-state index >= 15 is 0 Å². The summed E-state index contributed by atoms with van der Waals surface area (Å²) in [5.41, 5.74) is -0.880. The Balaban J connectivity index is 3.47. The fraction of sp³-hybridized carbons (Fsp3) is 0.375. The van der Waals surface area contributed by atoms with Crippen LogP contribution >= 0.6 is 0 Å². The normalized spacial score (nSPS) is 16.3. The molecule has 1 unspecified atom stereocenters. The van der Waals surface area contributed by atoms with E-state index in [0.29, 0.717) is 5.56 Å². The number of nitrogens with two attached hydrogens (primary N) is 1. The van der Waals surface area contributed by atoms with Gasteiger partial charge in [0, 0.05) is 11.8 Å². The van der Waals surface area contributed by atoms with Crippen LogP contribution in [0.15, 0.2) is 23.4 Å². The minimum atomic E-state index is -3.39. The highest BCUT2D eigenvalue weighted by atomic mass is 32.2. The molecule has 0 aliphatic heterocycles. The molecule has 1 heterocycles. The third-order valence-electron chi connectivity index (χ3n) is 1.72. The first-order valence-corrected chi connectivity index (χ1v) is 5.59. The van der Waals surface area contributed by atoms with Gasteiger partial charge in [-0.3, -0.25) is 0 Å². The molecule has 0 saturated heterocycles. The monoisotopic (exact) mass is 215 g/mol. The lowest BCUT2D eigenvalue weighted by atomic mass is 10.0. The first kappa shape index (κ1) is 11.1. The molecule has 4 N–H and O–H groups in total. The van der Waals surface area contributed by atoms with E-state index in [9.17, 15) is 9.32 Å². The fourth-order valence-electron chi connectivity index (χ4n) is 1.10. The summed E-state index contributed by atoms with van der Waals surface area (Å²) in [5, 5.41) is 14.8. The summed E-state index contributed by atoms with van der Waals surface area (Å²) in [7, 11) is -3.39. The molecule has 0 fully saturated rings. The lowest BCUT2D eigenvalue weighted by Crippen LogP contribution is -2.23. The molecule has 0 aromatic carbocycles. The highest BCUT2D eigenvalue weighted by Crippen LogP contribution is 2.24. The fourth-order valence-corrected chi connectivity index (χ4v) is 1.96. The van der Waals surface area contributed by atoms with Crippen molar-refractivity contribution in [3.05, 3.63) is 23.9 Å². The van der Waals surface area contributed by atoms with E-state index in [1.807, 2.05) is 0 Å². The molecular formula is C8H13N3O2S. The van der Waals surface area contributed by atoms with Gasteiger partial charge in [0.1, 0.15) is 9.92 Å². The Hall–Kier alpha value is -0.980. The smallest absolute Gasteiger partial charge is 0.156 e. The van der Waals surface area contributed by atoms with Gasteiger partial charge >= 0.3 is 0 Å². The molecule has 1 rings (SSSR count). The third-order valence-corrected chi connectivity index (χ3v) is 2.62. The summed E-state index contributed by atoms with van der Waals surface area (Å²) in [4.78, 5) is 3.77. The average Bonchev–Trinajstić information content (AvgIpc) is 2.01. The Morgan fingerprint density at radius 1 is 1.64 bits per heavy atom. The van der Waals surface area contributed by atoms with Gasteiger partial charge < -0.3 is 5.11 Å². The highest BCUT2D eigenvalue weighted by molar-refractivity contribution is 7.90. The van der Waals surface area contributed by atoms with Crippen molar-refractivity contribution in [2.24, 2.45) is 5.14 Å². The quantitative estimate of drug-likeness (QED) is 0.673. The Morgan fingerprint density at radius 2 is 2.21 bits per heavy atom. The molecule has 0 bridgehead atoms. The molecule has 6 heteroatoms. The van der Waals surface area contributed by atoms with Crippen LogP contribution in [0.1, 0.15) is 19.4 Å². The molecule has 0 aliphatic rings. The van der Waals surface area contributed by atoms with Gasteiger partial charge in [0.25, 0.3) is 0 Å². The number of hydrogen-bond acceptors (Lipinski definition) is 4. The standard InChI is InChI=1S/C8H13N3O2S/c1-8(2,12)6-4-3-5-11-7(6)14(9,10)13/h3-5,12H,1-2H3,(H3,9,10,13). The molecule has 0 aliphatic carbocycles. The SMILES string of the molecule is CC(C)(O)c1cccnc1S(=N)(N)=O. The van der Waals surface area contributed by atoms with E-state index in [1.54, 1.807) is 12.1 Å². The minimum absolute atomic E-state index is 0.0625. The zero-order valence-corrected chi connectivity index (χ0v) is 8.84. The lowest BCUT2D eigenvalue weighted by molar-refractivity contribution is 0.0748. The van der Waals surface area contributed by atoms with Crippen LogP contribution in [0, 0.1) is 4.78 Å². The van der Waals surface area contributed by atoms with Gasteiger partial charge in [-0.15, -0.1) is 0 Å². The van der Waals surface area contributed by atoms with Crippen LogP contribution < -0.4 is 5.14 Å². The van der Waals surface area contributed by atoms with Crippen LogP contribution in [0.3, 0.4) is 0 Å². The van der Waals surface area contributed by atoms with Crippen LogP contribution in [0.2, 0.25) is 0 Å². The van der Waals surface area contributed by atoms with Crippen molar-refractivity contribution < 1.29 is 9.32 Å². The first-order chi connectivity index (χ1) is 6.23. The van der Waals surface area contributed by atoms with Gasteiger partial charge in [-0.25, -0.2) is 19.1 Å². The maximum Gasteiger partial charge on any atom is 0.156 e. The summed E-state index contributed by atoms with van der Waals surface area (Å²) < 4.78 is 18.6. The topological polar surface area (TPSA) is 100 Å². The van der Waals surface area contributed by atoms with Crippen molar-refractivity contribution in [2.45, 2.75) is 24.5 Å². The lowest BCUT2D eigenvalue weighted by Gasteiger charge is -2.20. The predicted molar refractivity (Wildman–Crippen MR) is 52.8 cm³/mol. The summed E-state index contributed by atoms with van der Waals surface area (Å²) >= 11 is 0. The van der Waals surface area contributed by atoms with Crippen LogP contribution in [0.4, 0.5) is 0 Å². The third kappa shape index (κ3) is 2.28. The number of nitrogens with one attached hydrogen (secondary N) is 1. The van der Waals surface area contributed by atoms with Crippen molar-refractivity contribution >= 4 is 9.92 Å². The molecular weight excluding hydrogens is 202 g/mol. The van der Waals surface area contributed by atoms with E-state index in [1.165, 1.54) is 20.0 Å². The zero-order valence-electron chi connectivity index (χ0n) is 8.02. The largest absolute Gasteiger partial charge is 0.386 e. The molecule has 1 aromatic rings. The number of nitrogens with zero attached hydrogens (tertiary/aromatic N) is 1. The molecule has 1 atom stereocenters. The van der Waals surface area contributed by atoms with Crippen molar-refractivity contribution in [3.8, 4) is 0 Å². The van der Waals surface area contributed by atoms with E-state index in [2.05, 4.69) is 4.98 Å². The second-order valence-electron chi connectivity index (χ2n) is 3.52. The first-order valence-electron chi connectivity index (χ1n) is 3.97. The minimum Gasteiger partial charge on any atom is -0.386 e. The number of aromatic nitrogens is 1. The van der Waals surface area contributed by atoms with Crippen LogP contribution in [0.25, 0.3) is 0 Å². The summed E-state index contributed by atoms with van der Waals surface area (Å²) in [6.45, 7) is 3.05. The summed E-state index contributed by atoms with van der Waals surface area (Å²) in [6, 6.07) is 3.16. The number of aliphatic hydroxyl groups is 1. The molecule has 14 heavy (non-hydrogen) atoms. The van der Waals surface area contributed by atoms with Crippen LogP contribution in [0.5, 0.6) is 0 Å². The Kier molecular flexibility index (Phi) is 2.62. The van der Waals surface area contributed by atoms with Gasteiger partial charge in [-0.05, 0) is 19.9 Å². The van der Waals surface area contributed by atoms with Gasteiger partial charge in [-0.2, -0.15) is 0 Å². The molecule has 78 valence electrons. The van der Waals surface area contributed by atoms with E-state index in [0.717, 1.165) is 0 Å². The number of hydrogen-bond donors (Lipinski definition) is 3. The maximum atomic E-state index is 11.3. The molecule has 5 nitrogen and oxygen atoms in total. The summed E-state index contributed by atoms with van der Waals surface area (Å²) in [6.07, 6.45) is 1.39. The zero-order chi connectivity index (χ0) is 11.0. The average molecular weight is 215 g/mol. The molecule has 0 spiro atoms. The summed E-state index contributed by atoms with van der Waals surface area (Å²) in [5.74, 6) is 0. The van der Waals surface area contributed by atoms with Crippen molar-refractivity contribution in [1.82, 2.24) is 4.98 Å². The Bertz CT molecular complexity index is 434. The highest BCUT2D eigenvalue weighted by Gasteiger charge is 2.24. The van der Waals surface area contributed by atoms with Crippen molar-refractivity contribution in [2.75, 3.05) is 0 Å². The maximum absolute atomic E-state index is 11.3. The van der Waals surface area contributed by atoms with Crippen molar-refractivity contribution in [3.63, 3.8) is 0 Å². The van der Waals surface area contributed by atoms with Crippen LogP contribution in [-0.2, 0) is 15.5 Å². The number of rotatable bonds is 2. The molecule has 0 saturated carbocycles. The van der Waals surface area contributed by atoms with E-state index in [4.69, 9.17) is 9.92 Å².